The number of anilines is 1. The van der Waals surface area contributed by atoms with Gasteiger partial charge in [-0.1, -0.05) is 72.8 Å². The number of carbonyl (C=O) groups excluding carboxylic acids is 1. The third kappa shape index (κ3) is 7.50. The van der Waals surface area contributed by atoms with Crippen LogP contribution in [0.25, 0.3) is 0 Å². The number of hydrogen-bond acceptors (Lipinski definition) is 10. The van der Waals surface area contributed by atoms with Gasteiger partial charge in [0.15, 0.2) is 0 Å². The summed E-state index contributed by atoms with van der Waals surface area (Å²) in [5.41, 5.74) is 0.828. The molecule has 1 unspecified atom stereocenters. The Morgan fingerprint density at radius 1 is 0.880 bits per heavy atom. The molecule has 0 aliphatic carbocycles. The van der Waals surface area contributed by atoms with Crippen molar-refractivity contribution in [3.8, 4) is 11.5 Å². The highest BCUT2D eigenvalue weighted by Crippen LogP contribution is 2.43. The Morgan fingerprint density at radius 3 is 1.98 bits per heavy atom. The fraction of sp³-hybridized carbons (Fsp3) is 0.216. The van der Waals surface area contributed by atoms with Crippen LogP contribution < -0.4 is 25.4 Å². The van der Waals surface area contributed by atoms with E-state index in [9.17, 15) is 19.0 Å². The third-order valence-corrected chi connectivity index (χ3v) is 8.90. The zero-order chi connectivity index (χ0) is 35.1. The molecular weight excluding hydrogens is 661 g/mol. The van der Waals surface area contributed by atoms with Crippen LogP contribution in [0.2, 0.25) is 0 Å². The fourth-order valence-corrected chi connectivity index (χ4v) is 6.45. The van der Waals surface area contributed by atoms with Crippen LogP contribution in [-0.4, -0.2) is 48.5 Å². The van der Waals surface area contributed by atoms with Crippen molar-refractivity contribution in [3.63, 3.8) is 0 Å². The molecule has 50 heavy (non-hydrogen) atoms. The van der Waals surface area contributed by atoms with Crippen molar-refractivity contribution < 1.29 is 37.7 Å². The molecule has 4 atom stereocenters. The SMILES string of the molecule is COc1ccc(C(OC[C@H]2O[C@@H](n3ccc(NC(=O)c4ccccc4)nc3=O)C[C@H]2O[P+](=O)[O-])(c2ccccc2)c2ccc(OC)cc2)cc1. The zero-order valence-electron chi connectivity index (χ0n) is 27.2. The second kappa shape index (κ2) is 15.5. The Bertz CT molecular complexity index is 1930. The van der Waals surface area contributed by atoms with Crippen molar-refractivity contribution in [2.45, 2.75) is 30.5 Å². The van der Waals surface area contributed by atoms with E-state index < -0.39 is 43.9 Å². The number of nitrogens with one attached hydrogen (secondary N) is 1. The number of ether oxygens (including phenoxy) is 4. The maximum Gasteiger partial charge on any atom is 0.488 e. The minimum Gasteiger partial charge on any atom is -0.566 e. The summed E-state index contributed by atoms with van der Waals surface area (Å²) in [4.78, 5) is 41.6. The number of nitrogens with zero attached hydrogens (tertiary/aromatic N) is 2. The van der Waals surface area contributed by atoms with Crippen molar-refractivity contribution in [3.05, 3.63) is 154 Å². The van der Waals surface area contributed by atoms with Crippen LogP contribution in [0.4, 0.5) is 5.82 Å². The van der Waals surface area contributed by atoms with E-state index in [2.05, 4.69) is 10.3 Å². The Kier molecular flexibility index (Phi) is 10.8. The maximum absolute atomic E-state index is 13.2. The van der Waals surface area contributed by atoms with Crippen LogP contribution in [0, 0.1) is 0 Å². The number of benzene rings is 4. The molecule has 1 saturated heterocycles. The fourth-order valence-electron chi connectivity index (χ4n) is 6.00. The molecule has 0 saturated carbocycles. The molecule has 13 heteroatoms. The maximum atomic E-state index is 13.2. The van der Waals surface area contributed by atoms with Crippen LogP contribution >= 0.6 is 8.25 Å². The van der Waals surface area contributed by atoms with Gasteiger partial charge < -0.3 is 29.2 Å². The van der Waals surface area contributed by atoms with Gasteiger partial charge in [0.25, 0.3) is 5.91 Å². The average Bonchev–Trinajstić information content (AvgIpc) is 3.54. The molecule has 6 rings (SSSR count). The summed E-state index contributed by atoms with van der Waals surface area (Å²) in [6.45, 7) is -0.134. The van der Waals surface area contributed by atoms with Crippen molar-refractivity contribution in [1.29, 1.82) is 0 Å². The Morgan fingerprint density at radius 2 is 1.44 bits per heavy atom. The minimum atomic E-state index is -3.27. The van der Waals surface area contributed by atoms with Gasteiger partial charge in [-0.15, -0.1) is 4.52 Å². The van der Waals surface area contributed by atoms with Crippen molar-refractivity contribution in [2.75, 3.05) is 26.1 Å². The van der Waals surface area contributed by atoms with Gasteiger partial charge in [0.2, 0.25) is 0 Å². The molecule has 4 aromatic carbocycles. The first-order valence-corrected chi connectivity index (χ1v) is 16.8. The van der Waals surface area contributed by atoms with Gasteiger partial charge in [0.05, 0.1) is 20.8 Å². The molecule has 0 spiro atoms. The third-order valence-electron chi connectivity index (χ3n) is 8.46. The van der Waals surface area contributed by atoms with Gasteiger partial charge in [0.1, 0.15) is 41.4 Å². The Balaban J connectivity index is 1.31. The van der Waals surface area contributed by atoms with E-state index in [-0.39, 0.29) is 18.8 Å². The van der Waals surface area contributed by atoms with Gasteiger partial charge in [-0.05, 0) is 63.7 Å². The number of methoxy groups -OCH3 is 2. The van der Waals surface area contributed by atoms with E-state index in [1.807, 2.05) is 78.9 Å². The molecule has 1 aliphatic rings. The Labute approximate surface area is 289 Å². The second-order valence-corrected chi connectivity index (χ2v) is 12.0. The lowest BCUT2D eigenvalue weighted by molar-refractivity contribution is -0.192. The molecule has 12 nitrogen and oxygen atoms in total. The molecule has 0 bridgehead atoms. The zero-order valence-corrected chi connectivity index (χ0v) is 28.1. The molecule has 5 aromatic rings. The van der Waals surface area contributed by atoms with Gasteiger partial charge >= 0.3 is 13.9 Å². The molecule has 1 aliphatic heterocycles. The molecule has 1 aromatic heterocycles. The average molecular weight is 696 g/mol. The van der Waals surface area contributed by atoms with Crippen LogP contribution in [0.5, 0.6) is 11.5 Å². The summed E-state index contributed by atoms with van der Waals surface area (Å²) in [6.07, 6.45) is -1.39. The first-order valence-electron chi connectivity index (χ1n) is 15.7. The Hall–Kier alpha value is -5.23. The summed E-state index contributed by atoms with van der Waals surface area (Å²) in [5.74, 6) is 0.947. The van der Waals surface area contributed by atoms with E-state index in [4.69, 9.17) is 23.5 Å². The van der Waals surface area contributed by atoms with Gasteiger partial charge in [-0.25, -0.2) is 4.79 Å². The largest absolute Gasteiger partial charge is 0.566 e. The van der Waals surface area contributed by atoms with E-state index in [0.717, 1.165) is 16.7 Å². The molecule has 256 valence electrons. The van der Waals surface area contributed by atoms with Crippen LogP contribution in [0.1, 0.15) is 39.7 Å². The van der Waals surface area contributed by atoms with E-state index in [1.54, 1.807) is 44.6 Å². The van der Waals surface area contributed by atoms with Crippen molar-refractivity contribution >= 4 is 20.0 Å². The summed E-state index contributed by atoms with van der Waals surface area (Å²) in [6, 6.07) is 34.5. The highest BCUT2D eigenvalue weighted by Gasteiger charge is 2.45. The predicted octanol–water partition coefficient (Wildman–Crippen LogP) is 5.21. The topological polar surface area (TPSA) is 150 Å². The molecule has 1 amide bonds. The number of rotatable bonds is 13. The first kappa shape index (κ1) is 34.6. The van der Waals surface area contributed by atoms with Crippen molar-refractivity contribution in [1.82, 2.24) is 9.55 Å². The molecule has 2 heterocycles. The minimum absolute atomic E-state index is 0.0120. The highest BCUT2D eigenvalue weighted by molar-refractivity contribution is 7.30. The summed E-state index contributed by atoms with van der Waals surface area (Å²) < 4.78 is 42.4. The lowest BCUT2D eigenvalue weighted by atomic mass is 9.80. The summed E-state index contributed by atoms with van der Waals surface area (Å²) in [5, 5.41) is 2.61. The highest BCUT2D eigenvalue weighted by atomic mass is 31.1. The smallest absolute Gasteiger partial charge is 0.488 e. The number of aromatic nitrogens is 2. The van der Waals surface area contributed by atoms with Gasteiger partial charge in [-0.3, -0.25) is 9.36 Å². The van der Waals surface area contributed by atoms with E-state index in [1.165, 1.54) is 16.8 Å². The van der Waals surface area contributed by atoms with Crippen LogP contribution in [0.15, 0.2) is 126 Å². The van der Waals surface area contributed by atoms with Crippen molar-refractivity contribution in [2.24, 2.45) is 0 Å². The summed E-state index contributed by atoms with van der Waals surface area (Å²) >= 11 is 0. The molecule has 0 radical (unpaired) electrons. The second-order valence-electron chi connectivity index (χ2n) is 11.4. The monoisotopic (exact) mass is 695 g/mol. The van der Waals surface area contributed by atoms with E-state index in [0.29, 0.717) is 17.1 Å². The first-order chi connectivity index (χ1) is 24.3. The van der Waals surface area contributed by atoms with Gasteiger partial charge in [-0.2, -0.15) is 4.98 Å². The molecule has 1 fully saturated rings. The van der Waals surface area contributed by atoms with Crippen LogP contribution in [0.3, 0.4) is 0 Å². The number of amides is 1. The standard InChI is InChI=1S/C37H34N3O9P/c1-45-29-17-13-27(14-18-29)37(26-11-7-4-8-12-26,28-15-19-30(46-2)20-16-28)47-24-32-31(49-50(43)44)23-34(48-32)40-22-21-33(39-36(40)42)38-35(41)25-9-5-3-6-10-25/h3-22,31-32,34H,23-24H2,1-2H3,(H,38,39,41,42)/t31-,32-,34-/m1/s1. The quantitative estimate of drug-likeness (QED) is 0.128. The summed E-state index contributed by atoms with van der Waals surface area (Å²) in [7, 11) is -0.0931. The van der Waals surface area contributed by atoms with Crippen LogP contribution in [-0.2, 0) is 24.2 Å². The van der Waals surface area contributed by atoms with E-state index >= 15 is 0 Å². The lowest BCUT2D eigenvalue weighted by Crippen LogP contribution is -2.38. The lowest BCUT2D eigenvalue weighted by Gasteiger charge is -2.37. The predicted molar refractivity (Wildman–Crippen MR) is 182 cm³/mol. The number of carbonyl (C=O) groups is 1. The molecular formula is C37H34N3O9P. The normalized spacial score (nSPS) is 17.6. The molecule has 1 N–H and O–H groups in total. The van der Waals surface area contributed by atoms with Gasteiger partial charge in [0, 0.05) is 18.2 Å². The number of hydrogen-bond donors (Lipinski definition) is 1.